The zero-order chi connectivity index (χ0) is 12.4. The number of ether oxygens (including phenoxy) is 2. The Hall–Kier alpha value is -0.910. The average Bonchev–Trinajstić information content (AvgIpc) is 2.97. The molecule has 0 aliphatic carbocycles. The maximum absolute atomic E-state index is 5.93. The summed E-state index contributed by atoms with van der Waals surface area (Å²) in [6, 6.07) is 0.511. The molecule has 1 aromatic heterocycles. The predicted octanol–water partition coefficient (Wildman–Crippen LogP) is 0.848. The van der Waals surface area contributed by atoms with Crippen molar-refractivity contribution in [1.82, 2.24) is 14.9 Å². The molecule has 1 N–H and O–H groups in total. The molecule has 2 saturated heterocycles. The van der Waals surface area contributed by atoms with Crippen LogP contribution in [-0.4, -0.2) is 41.0 Å². The number of aryl methyl sites for hydroxylation is 1. The minimum absolute atomic E-state index is 0.0163. The monoisotopic (exact) mass is 251 g/mol. The lowest BCUT2D eigenvalue weighted by Crippen LogP contribution is -2.47. The number of aromatic nitrogens is 2. The van der Waals surface area contributed by atoms with Crippen LogP contribution >= 0.6 is 0 Å². The van der Waals surface area contributed by atoms with Crippen molar-refractivity contribution in [2.24, 2.45) is 7.05 Å². The zero-order valence-electron chi connectivity index (χ0n) is 10.9. The number of nitrogens with one attached hydrogen (secondary N) is 1. The van der Waals surface area contributed by atoms with Crippen molar-refractivity contribution in [2.75, 3.05) is 19.8 Å². The zero-order valence-corrected chi connectivity index (χ0v) is 10.9. The van der Waals surface area contributed by atoms with Crippen LogP contribution < -0.4 is 5.32 Å². The van der Waals surface area contributed by atoms with Crippen LogP contribution in [0.3, 0.4) is 0 Å². The maximum Gasteiger partial charge on any atom is 0.122 e. The normalized spacial score (nSPS) is 32.2. The molecule has 0 amide bonds. The Labute approximate surface area is 107 Å². The van der Waals surface area contributed by atoms with E-state index in [9.17, 15) is 0 Å². The van der Waals surface area contributed by atoms with Crippen molar-refractivity contribution in [3.63, 3.8) is 0 Å². The Balaban J connectivity index is 1.55. The maximum atomic E-state index is 5.93. The van der Waals surface area contributed by atoms with Gasteiger partial charge >= 0.3 is 0 Å². The van der Waals surface area contributed by atoms with Gasteiger partial charge in [0, 0.05) is 45.1 Å². The molecule has 0 aromatic carbocycles. The van der Waals surface area contributed by atoms with E-state index in [1.165, 1.54) is 0 Å². The highest BCUT2D eigenvalue weighted by Gasteiger charge is 2.40. The van der Waals surface area contributed by atoms with Crippen molar-refractivity contribution in [3.05, 3.63) is 18.2 Å². The van der Waals surface area contributed by atoms with Crippen molar-refractivity contribution in [1.29, 1.82) is 0 Å². The van der Waals surface area contributed by atoms with Gasteiger partial charge in [0.15, 0.2) is 0 Å². The van der Waals surface area contributed by atoms with E-state index in [1.807, 2.05) is 19.4 Å². The summed E-state index contributed by atoms with van der Waals surface area (Å²) >= 11 is 0. The molecule has 0 saturated carbocycles. The summed E-state index contributed by atoms with van der Waals surface area (Å²) in [7, 11) is 2.03. The van der Waals surface area contributed by atoms with Crippen LogP contribution in [0.25, 0.3) is 0 Å². The fraction of sp³-hybridized carbons (Fsp3) is 0.769. The largest absolute Gasteiger partial charge is 0.378 e. The summed E-state index contributed by atoms with van der Waals surface area (Å²) in [5.74, 6) is 1.08. The Bertz CT molecular complexity index is 399. The summed E-state index contributed by atoms with van der Waals surface area (Å²) in [5.41, 5.74) is -0.0163. The topological polar surface area (TPSA) is 48.3 Å². The van der Waals surface area contributed by atoms with Crippen LogP contribution in [0.2, 0.25) is 0 Å². The van der Waals surface area contributed by atoms with Gasteiger partial charge in [0.2, 0.25) is 0 Å². The Morgan fingerprint density at radius 2 is 2.50 bits per heavy atom. The summed E-state index contributed by atoms with van der Waals surface area (Å²) in [5, 5.41) is 3.60. The van der Waals surface area contributed by atoms with Gasteiger partial charge in [0.1, 0.15) is 5.82 Å². The van der Waals surface area contributed by atoms with Gasteiger partial charge in [-0.3, -0.25) is 0 Å². The van der Waals surface area contributed by atoms with Crippen LogP contribution in [0.5, 0.6) is 0 Å². The summed E-state index contributed by atoms with van der Waals surface area (Å²) in [6.07, 6.45) is 6.98. The number of nitrogens with zero attached hydrogens (tertiary/aromatic N) is 2. The SMILES string of the molecule is Cn1ccnc1CNC1CCOC2(CCOC2)C1. The average molecular weight is 251 g/mol. The lowest BCUT2D eigenvalue weighted by molar-refractivity contribution is -0.0895. The van der Waals surface area contributed by atoms with Crippen molar-refractivity contribution in [3.8, 4) is 0 Å². The standard InChI is InChI=1S/C13H21N3O2/c1-16-5-4-14-12(16)9-15-11-2-6-18-13(8-11)3-7-17-10-13/h4-5,11,15H,2-3,6-10H2,1H3. The molecule has 0 bridgehead atoms. The molecule has 0 radical (unpaired) electrons. The first kappa shape index (κ1) is 12.1. The molecular formula is C13H21N3O2. The third kappa shape index (κ3) is 2.43. The van der Waals surface area contributed by atoms with Gasteiger partial charge in [-0.1, -0.05) is 0 Å². The lowest BCUT2D eigenvalue weighted by Gasteiger charge is -2.37. The first-order valence-corrected chi connectivity index (χ1v) is 6.69. The highest BCUT2D eigenvalue weighted by Crippen LogP contribution is 2.32. The minimum Gasteiger partial charge on any atom is -0.378 e. The molecule has 1 spiro atoms. The molecule has 2 atom stereocenters. The van der Waals surface area contributed by atoms with Gasteiger partial charge in [-0.05, 0) is 12.8 Å². The smallest absolute Gasteiger partial charge is 0.122 e. The third-order valence-electron chi connectivity index (χ3n) is 4.03. The van der Waals surface area contributed by atoms with Gasteiger partial charge in [0.25, 0.3) is 0 Å². The van der Waals surface area contributed by atoms with E-state index in [4.69, 9.17) is 9.47 Å². The highest BCUT2D eigenvalue weighted by molar-refractivity contribution is 4.95. The van der Waals surface area contributed by atoms with Gasteiger partial charge in [0.05, 0.1) is 18.8 Å². The van der Waals surface area contributed by atoms with E-state index in [2.05, 4.69) is 14.9 Å². The number of rotatable bonds is 3. The van der Waals surface area contributed by atoms with E-state index in [0.717, 1.165) is 51.5 Å². The van der Waals surface area contributed by atoms with Crippen LogP contribution in [0.15, 0.2) is 12.4 Å². The predicted molar refractivity (Wildman–Crippen MR) is 67.2 cm³/mol. The molecule has 5 heteroatoms. The second-order valence-corrected chi connectivity index (χ2v) is 5.36. The molecule has 18 heavy (non-hydrogen) atoms. The van der Waals surface area contributed by atoms with Gasteiger partial charge in [-0.2, -0.15) is 0 Å². The second-order valence-electron chi connectivity index (χ2n) is 5.36. The lowest BCUT2D eigenvalue weighted by atomic mass is 9.90. The third-order valence-corrected chi connectivity index (χ3v) is 4.03. The highest BCUT2D eigenvalue weighted by atomic mass is 16.6. The van der Waals surface area contributed by atoms with E-state index < -0.39 is 0 Å². The van der Waals surface area contributed by atoms with Crippen LogP contribution in [-0.2, 0) is 23.1 Å². The molecule has 1 aromatic rings. The molecule has 2 unspecified atom stereocenters. The molecule has 100 valence electrons. The van der Waals surface area contributed by atoms with Crippen LogP contribution in [0, 0.1) is 0 Å². The van der Waals surface area contributed by atoms with Gasteiger partial charge in [-0.15, -0.1) is 0 Å². The van der Waals surface area contributed by atoms with E-state index in [0.29, 0.717) is 6.04 Å². The molecule has 3 heterocycles. The fourth-order valence-electron chi connectivity index (χ4n) is 2.87. The summed E-state index contributed by atoms with van der Waals surface area (Å²) in [4.78, 5) is 4.33. The summed E-state index contributed by atoms with van der Waals surface area (Å²) in [6.45, 7) is 3.26. The number of hydrogen-bond acceptors (Lipinski definition) is 4. The van der Waals surface area contributed by atoms with Gasteiger partial charge < -0.3 is 19.4 Å². The quantitative estimate of drug-likeness (QED) is 0.865. The molecule has 2 fully saturated rings. The van der Waals surface area contributed by atoms with Crippen molar-refractivity contribution < 1.29 is 9.47 Å². The van der Waals surface area contributed by atoms with Crippen molar-refractivity contribution in [2.45, 2.75) is 37.5 Å². The van der Waals surface area contributed by atoms with Crippen molar-refractivity contribution >= 4 is 0 Å². The van der Waals surface area contributed by atoms with Gasteiger partial charge in [-0.25, -0.2) is 4.98 Å². The first-order valence-electron chi connectivity index (χ1n) is 6.69. The fourth-order valence-corrected chi connectivity index (χ4v) is 2.87. The molecule has 2 aliphatic heterocycles. The minimum atomic E-state index is -0.0163. The van der Waals surface area contributed by atoms with Crippen LogP contribution in [0.4, 0.5) is 0 Å². The molecule has 5 nitrogen and oxygen atoms in total. The number of hydrogen-bond donors (Lipinski definition) is 1. The van der Waals surface area contributed by atoms with E-state index in [-0.39, 0.29) is 5.60 Å². The Morgan fingerprint density at radius 3 is 3.22 bits per heavy atom. The van der Waals surface area contributed by atoms with E-state index >= 15 is 0 Å². The first-order chi connectivity index (χ1) is 8.77. The van der Waals surface area contributed by atoms with E-state index in [1.54, 1.807) is 0 Å². The summed E-state index contributed by atoms with van der Waals surface area (Å²) < 4.78 is 13.5. The number of imidazole rings is 1. The van der Waals surface area contributed by atoms with Crippen LogP contribution in [0.1, 0.15) is 25.1 Å². The Kier molecular flexibility index (Phi) is 3.37. The second kappa shape index (κ2) is 4.99. The Morgan fingerprint density at radius 1 is 1.56 bits per heavy atom. The molecule has 3 rings (SSSR count). The molecular weight excluding hydrogens is 230 g/mol. The molecule has 2 aliphatic rings.